The lowest BCUT2D eigenvalue weighted by atomic mass is 10.0. The molecule has 0 saturated carbocycles. The van der Waals surface area contributed by atoms with Crippen molar-refractivity contribution in [2.75, 3.05) is 11.5 Å². The molecule has 0 radical (unpaired) electrons. The molecule has 1 aliphatic heterocycles. The van der Waals surface area contributed by atoms with E-state index >= 15 is 0 Å². The zero-order chi connectivity index (χ0) is 28.4. The average molecular weight is 599 g/mol. The van der Waals surface area contributed by atoms with Gasteiger partial charge in [-0.2, -0.15) is 0 Å². The van der Waals surface area contributed by atoms with Crippen LogP contribution in [0.4, 0.5) is 10.5 Å². The minimum atomic E-state index is -0.783. The fourth-order valence-electron chi connectivity index (χ4n) is 4.65. The Balaban J connectivity index is 1.48. The van der Waals surface area contributed by atoms with Crippen molar-refractivity contribution in [1.29, 1.82) is 0 Å². The van der Waals surface area contributed by atoms with Crippen molar-refractivity contribution in [3.8, 4) is 11.5 Å². The van der Waals surface area contributed by atoms with E-state index in [0.29, 0.717) is 40.4 Å². The Kier molecular flexibility index (Phi) is 7.71. The first-order valence-corrected chi connectivity index (χ1v) is 13.6. The number of nitrogens with one attached hydrogen (secondary N) is 1. The molecular weight excluding hydrogens is 572 g/mol. The van der Waals surface area contributed by atoms with Gasteiger partial charge in [0.05, 0.1) is 16.8 Å². The number of nitrogens with zero attached hydrogens (tertiary/aromatic N) is 1. The molecule has 4 amide bonds. The van der Waals surface area contributed by atoms with Gasteiger partial charge in [0, 0.05) is 0 Å². The number of carbonyl (C=O) groups is 3. The second-order valence-corrected chi connectivity index (χ2v) is 10.3. The van der Waals surface area contributed by atoms with E-state index in [1.807, 2.05) is 50.2 Å². The SMILES string of the molecule is CCOc1cc(/C=C2\C(=O)NC(=O)N(c3cc(C)ccc3C)C2=O)cc(Br)c1OCc1cccc2ccccc12. The van der Waals surface area contributed by atoms with Crippen LogP contribution < -0.4 is 19.7 Å². The number of aryl methyl sites for hydroxylation is 2. The standard InChI is InChI=1S/C32H27BrN2O5/c1-4-39-28-17-21(16-26(33)29(28)40-18-23-10-7-9-22-8-5-6-11-24(22)23)15-25-30(36)34-32(38)35(31(25)37)27-14-19(2)12-13-20(27)3/h5-17H,4,18H2,1-3H3,(H,34,36,38)/b25-15+. The van der Waals surface area contributed by atoms with Crippen LogP contribution in [0.1, 0.15) is 29.2 Å². The number of barbiturate groups is 1. The highest BCUT2D eigenvalue weighted by Gasteiger charge is 2.37. The largest absolute Gasteiger partial charge is 0.490 e. The summed E-state index contributed by atoms with van der Waals surface area (Å²) in [6.45, 7) is 6.23. The number of carbonyl (C=O) groups excluding carboxylic acids is 3. The lowest BCUT2D eigenvalue weighted by Crippen LogP contribution is -2.54. The second kappa shape index (κ2) is 11.4. The van der Waals surface area contributed by atoms with Gasteiger partial charge in [-0.3, -0.25) is 14.9 Å². The van der Waals surface area contributed by atoms with Crippen LogP contribution in [-0.4, -0.2) is 24.5 Å². The van der Waals surface area contributed by atoms with E-state index in [9.17, 15) is 14.4 Å². The van der Waals surface area contributed by atoms with Crippen molar-refractivity contribution in [3.05, 3.63) is 105 Å². The van der Waals surface area contributed by atoms with Gasteiger partial charge >= 0.3 is 6.03 Å². The molecule has 0 atom stereocenters. The molecule has 1 aliphatic rings. The molecule has 8 heteroatoms. The summed E-state index contributed by atoms with van der Waals surface area (Å²) in [4.78, 5) is 39.9. The normalized spacial score (nSPS) is 14.6. The molecule has 202 valence electrons. The second-order valence-electron chi connectivity index (χ2n) is 9.44. The Morgan fingerprint density at radius 1 is 0.925 bits per heavy atom. The molecule has 4 aromatic rings. The summed E-state index contributed by atoms with van der Waals surface area (Å²) in [5, 5.41) is 4.51. The molecule has 5 rings (SSSR count). The molecule has 4 aromatic carbocycles. The number of amides is 4. The molecule has 7 nitrogen and oxygen atoms in total. The molecule has 1 heterocycles. The highest BCUT2D eigenvalue weighted by molar-refractivity contribution is 9.10. The average Bonchev–Trinajstić information content (AvgIpc) is 2.92. The highest BCUT2D eigenvalue weighted by atomic mass is 79.9. The minimum Gasteiger partial charge on any atom is -0.490 e. The van der Waals surface area contributed by atoms with Crippen LogP contribution in [0.25, 0.3) is 16.8 Å². The van der Waals surface area contributed by atoms with Gasteiger partial charge in [0.15, 0.2) is 11.5 Å². The van der Waals surface area contributed by atoms with Gasteiger partial charge < -0.3 is 9.47 Å². The lowest BCUT2D eigenvalue weighted by Gasteiger charge is -2.28. The van der Waals surface area contributed by atoms with E-state index in [1.165, 1.54) is 6.08 Å². The first kappa shape index (κ1) is 27.1. The third-order valence-corrected chi connectivity index (χ3v) is 7.19. The maximum Gasteiger partial charge on any atom is 0.335 e. The molecule has 0 unspecified atom stereocenters. The van der Waals surface area contributed by atoms with Crippen molar-refractivity contribution >= 4 is 56.3 Å². The molecule has 1 fully saturated rings. The zero-order valence-corrected chi connectivity index (χ0v) is 23.9. The number of hydrogen-bond acceptors (Lipinski definition) is 5. The minimum absolute atomic E-state index is 0.167. The molecule has 1 saturated heterocycles. The first-order valence-electron chi connectivity index (χ1n) is 12.8. The molecular formula is C32H27BrN2O5. The molecule has 0 spiro atoms. The maximum absolute atomic E-state index is 13.5. The van der Waals surface area contributed by atoms with Crippen molar-refractivity contribution in [1.82, 2.24) is 5.32 Å². The van der Waals surface area contributed by atoms with Gasteiger partial charge in [-0.15, -0.1) is 0 Å². The summed E-state index contributed by atoms with van der Waals surface area (Å²) < 4.78 is 12.7. The highest BCUT2D eigenvalue weighted by Crippen LogP contribution is 2.39. The predicted molar refractivity (Wildman–Crippen MR) is 159 cm³/mol. The van der Waals surface area contributed by atoms with Crippen molar-refractivity contribution < 1.29 is 23.9 Å². The monoisotopic (exact) mass is 598 g/mol. The Hall–Kier alpha value is -4.43. The summed E-state index contributed by atoms with van der Waals surface area (Å²) in [5.41, 5.74) is 3.43. The number of urea groups is 1. The third-order valence-electron chi connectivity index (χ3n) is 6.60. The Labute approximate surface area is 240 Å². The van der Waals surface area contributed by atoms with Crippen LogP contribution in [0.3, 0.4) is 0 Å². The summed E-state index contributed by atoms with van der Waals surface area (Å²) in [6, 6.07) is 22.3. The molecule has 0 aliphatic carbocycles. The number of halogens is 1. The molecule has 40 heavy (non-hydrogen) atoms. The van der Waals surface area contributed by atoms with Crippen LogP contribution in [-0.2, 0) is 16.2 Å². The maximum atomic E-state index is 13.5. The van der Waals surface area contributed by atoms with Crippen LogP contribution >= 0.6 is 15.9 Å². The lowest BCUT2D eigenvalue weighted by molar-refractivity contribution is -0.122. The van der Waals surface area contributed by atoms with Gasteiger partial charge in [-0.25, -0.2) is 9.69 Å². The Morgan fingerprint density at radius 3 is 2.50 bits per heavy atom. The van der Waals surface area contributed by atoms with Crippen LogP contribution in [0.5, 0.6) is 11.5 Å². The molecule has 1 N–H and O–H groups in total. The fraction of sp³-hybridized carbons (Fsp3) is 0.156. The number of hydrogen-bond donors (Lipinski definition) is 1. The Bertz CT molecular complexity index is 1690. The topological polar surface area (TPSA) is 84.9 Å². The van der Waals surface area contributed by atoms with Gasteiger partial charge in [-0.1, -0.05) is 54.6 Å². The van der Waals surface area contributed by atoms with E-state index < -0.39 is 17.8 Å². The van der Waals surface area contributed by atoms with E-state index in [4.69, 9.17) is 9.47 Å². The Morgan fingerprint density at radius 2 is 1.70 bits per heavy atom. The summed E-state index contributed by atoms with van der Waals surface area (Å²) in [6.07, 6.45) is 1.45. The summed E-state index contributed by atoms with van der Waals surface area (Å²) in [5.74, 6) is -0.506. The quantitative estimate of drug-likeness (QED) is 0.185. The fourth-order valence-corrected chi connectivity index (χ4v) is 5.22. The number of rotatable bonds is 7. The number of benzene rings is 4. The predicted octanol–water partition coefficient (Wildman–Crippen LogP) is 6.86. The third kappa shape index (κ3) is 5.35. The van der Waals surface area contributed by atoms with E-state index in [0.717, 1.165) is 32.4 Å². The number of anilines is 1. The van der Waals surface area contributed by atoms with E-state index in [2.05, 4.69) is 39.4 Å². The van der Waals surface area contributed by atoms with E-state index in [-0.39, 0.29) is 5.57 Å². The van der Waals surface area contributed by atoms with Crippen LogP contribution in [0.2, 0.25) is 0 Å². The van der Waals surface area contributed by atoms with Crippen molar-refractivity contribution in [2.45, 2.75) is 27.4 Å². The number of ether oxygens (including phenoxy) is 2. The first-order chi connectivity index (χ1) is 19.3. The zero-order valence-electron chi connectivity index (χ0n) is 22.3. The molecule has 0 bridgehead atoms. The van der Waals surface area contributed by atoms with Crippen LogP contribution in [0, 0.1) is 13.8 Å². The van der Waals surface area contributed by atoms with E-state index in [1.54, 1.807) is 25.1 Å². The van der Waals surface area contributed by atoms with Crippen molar-refractivity contribution in [3.63, 3.8) is 0 Å². The van der Waals surface area contributed by atoms with Crippen molar-refractivity contribution in [2.24, 2.45) is 0 Å². The van der Waals surface area contributed by atoms with Gasteiger partial charge in [0.2, 0.25) is 0 Å². The molecule has 0 aromatic heterocycles. The van der Waals surface area contributed by atoms with Crippen LogP contribution in [0.15, 0.2) is 82.8 Å². The van der Waals surface area contributed by atoms with Gasteiger partial charge in [-0.05, 0) is 94.0 Å². The summed E-state index contributed by atoms with van der Waals surface area (Å²) in [7, 11) is 0. The number of imide groups is 2. The number of fused-ring (bicyclic) bond motifs is 1. The summed E-state index contributed by atoms with van der Waals surface area (Å²) >= 11 is 3.58. The smallest absolute Gasteiger partial charge is 0.335 e. The van der Waals surface area contributed by atoms with Gasteiger partial charge in [0.1, 0.15) is 12.2 Å². The van der Waals surface area contributed by atoms with Gasteiger partial charge in [0.25, 0.3) is 11.8 Å².